The van der Waals surface area contributed by atoms with Crippen LogP contribution in [0.1, 0.15) is 22.5 Å². The molecule has 0 unspecified atom stereocenters. The molecule has 3 aromatic rings. The highest BCUT2D eigenvalue weighted by Crippen LogP contribution is 2.43. The second-order valence-corrected chi connectivity index (χ2v) is 8.66. The first-order valence-electron chi connectivity index (χ1n) is 9.18. The van der Waals surface area contributed by atoms with Gasteiger partial charge in [-0.3, -0.25) is 9.59 Å². The lowest BCUT2D eigenvalue weighted by atomic mass is 10.0. The van der Waals surface area contributed by atoms with E-state index in [0.29, 0.717) is 27.6 Å². The zero-order chi connectivity index (χ0) is 21.4. The van der Waals surface area contributed by atoms with Gasteiger partial charge in [-0.25, -0.2) is 4.90 Å². The van der Waals surface area contributed by atoms with Crippen LogP contribution in [0.3, 0.4) is 0 Å². The van der Waals surface area contributed by atoms with Gasteiger partial charge in [0.15, 0.2) is 0 Å². The third-order valence-electron chi connectivity index (χ3n) is 4.95. The molecule has 4 nitrogen and oxygen atoms in total. The van der Waals surface area contributed by atoms with Gasteiger partial charge >= 0.3 is 0 Å². The number of hydrogen-bond donors (Lipinski definition) is 0. The summed E-state index contributed by atoms with van der Waals surface area (Å²) in [6.07, 6.45) is 1.58. The largest absolute Gasteiger partial charge is 0.468 e. The number of anilines is 1. The summed E-state index contributed by atoms with van der Waals surface area (Å²) in [6, 6.07) is 14.2. The van der Waals surface area contributed by atoms with Crippen molar-refractivity contribution in [2.24, 2.45) is 0 Å². The Hall–Kier alpha value is -2.47. The predicted molar refractivity (Wildman–Crippen MR) is 122 cm³/mol. The number of amides is 2. The number of halogens is 2. The molecule has 0 aliphatic carbocycles. The van der Waals surface area contributed by atoms with Gasteiger partial charge in [-0.2, -0.15) is 0 Å². The maximum absolute atomic E-state index is 13.5. The topological polar surface area (TPSA) is 50.5 Å². The number of hydrogen-bond acceptors (Lipinski definition) is 4. The lowest BCUT2D eigenvalue weighted by molar-refractivity contribution is -0.119. The van der Waals surface area contributed by atoms with Crippen LogP contribution < -0.4 is 4.90 Å². The molecule has 1 aromatic heterocycles. The van der Waals surface area contributed by atoms with Crippen LogP contribution in [0.5, 0.6) is 0 Å². The third kappa shape index (κ3) is 3.69. The fraction of sp³-hybridized carbons (Fsp3) is 0.130. The van der Waals surface area contributed by atoms with Crippen LogP contribution >= 0.6 is 35.0 Å². The quantitative estimate of drug-likeness (QED) is 0.414. The summed E-state index contributed by atoms with van der Waals surface area (Å²) in [5, 5.41) is 0.441. The minimum atomic E-state index is -0.422. The highest BCUT2D eigenvalue weighted by atomic mass is 35.5. The number of carbonyl (C=O) groups excluding carboxylic acids is 2. The second kappa shape index (κ2) is 8.34. The van der Waals surface area contributed by atoms with Crippen LogP contribution in [0.2, 0.25) is 10.0 Å². The van der Waals surface area contributed by atoms with Crippen molar-refractivity contribution in [2.75, 3.05) is 4.90 Å². The minimum absolute atomic E-state index is 0.164. The normalized spacial score (nSPS) is 14.2. The van der Waals surface area contributed by atoms with Crippen molar-refractivity contribution < 1.29 is 14.0 Å². The SMILES string of the molecule is Cc1ccc(C2=C(SCc3ccco3)C(=O)N(c3cccc(Cl)c3Cl)C2=O)cc1C. The molecule has 0 saturated heterocycles. The van der Waals surface area contributed by atoms with Crippen LogP contribution in [-0.4, -0.2) is 11.8 Å². The Labute approximate surface area is 188 Å². The van der Waals surface area contributed by atoms with Crippen molar-refractivity contribution in [3.8, 4) is 0 Å². The summed E-state index contributed by atoms with van der Waals surface area (Å²) in [5.74, 6) is 0.294. The van der Waals surface area contributed by atoms with Gasteiger partial charge < -0.3 is 4.42 Å². The van der Waals surface area contributed by atoms with E-state index in [4.69, 9.17) is 27.6 Å². The molecule has 1 aliphatic rings. The van der Waals surface area contributed by atoms with Gasteiger partial charge in [-0.15, -0.1) is 11.8 Å². The highest BCUT2D eigenvalue weighted by Gasteiger charge is 2.41. The number of furan rings is 1. The Morgan fingerprint density at radius 2 is 1.77 bits per heavy atom. The van der Waals surface area contributed by atoms with Crippen molar-refractivity contribution in [2.45, 2.75) is 19.6 Å². The molecule has 2 aromatic carbocycles. The Kier molecular flexibility index (Phi) is 5.78. The molecule has 0 radical (unpaired) electrons. The molecule has 0 N–H and O–H groups in total. The Morgan fingerprint density at radius 1 is 0.967 bits per heavy atom. The van der Waals surface area contributed by atoms with E-state index in [1.165, 1.54) is 11.8 Å². The first-order valence-corrected chi connectivity index (χ1v) is 10.9. The lowest BCUT2D eigenvalue weighted by Gasteiger charge is -2.17. The van der Waals surface area contributed by atoms with E-state index < -0.39 is 11.8 Å². The van der Waals surface area contributed by atoms with Gasteiger partial charge in [-0.05, 0) is 54.8 Å². The van der Waals surface area contributed by atoms with Gasteiger partial charge in [-0.1, -0.05) is 47.5 Å². The Morgan fingerprint density at radius 3 is 2.47 bits per heavy atom. The number of thioether (sulfide) groups is 1. The van der Waals surface area contributed by atoms with Gasteiger partial charge in [0.2, 0.25) is 0 Å². The summed E-state index contributed by atoms with van der Waals surface area (Å²) in [5.41, 5.74) is 3.47. The molecule has 2 amide bonds. The number of rotatable bonds is 5. The van der Waals surface area contributed by atoms with Crippen LogP contribution in [0.4, 0.5) is 5.69 Å². The molecule has 7 heteroatoms. The van der Waals surface area contributed by atoms with Gasteiger partial charge in [0.05, 0.1) is 38.2 Å². The Bertz CT molecular complexity index is 1190. The smallest absolute Gasteiger partial charge is 0.272 e. The minimum Gasteiger partial charge on any atom is -0.468 e. The van der Waals surface area contributed by atoms with E-state index in [2.05, 4.69) is 0 Å². The van der Waals surface area contributed by atoms with Crippen LogP contribution in [0, 0.1) is 13.8 Å². The second-order valence-electron chi connectivity index (χ2n) is 6.89. The lowest BCUT2D eigenvalue weighted by Crippen LogP contribution is -2.31. The first kappa shape index (κ1) is 20.8. The van der Waals surface area contributed by atoms with Crippen LogP contribution in [0.15, 0.2) is 64.1 Å². The number of nitrogens with zero attached hydrogens (tertiary/aromatic N) is 1. The maximum Gasteiger partial charge on any atom is 0.272 e. The van der Waals surface area contributed by atoms with E-state index >= 15 is 0 Å². The van der Waals surface area contributed by atoms with Crippen molar-refractivity contribution in [1.29, 1.82) is 0 Å². The molecule has 2 heterocycles. The average Bonchev–Trinajstić information content (AvgIpc) is 3.31. The molecule has 0 spiro atoms. The van der Waals surface area contributed by atoms with E-state index in [0.717, 1.165) is 16.0 Å². The average molecular weight is 458 g/mol. The third-order valence-corrected chi connectivity index (χ3v) is 6.85. The van der Waals surface area contributed by atoms with Crippen LogP contribution in [-0.2, 0) is 15.3 Å². The number of benzene rings is 2. The Balaban J connectivity index is 1.81. The van der Waals surface area contributed by atoms with Gasteiger partial charge in [0.1, 0.15) is 5.76 Å². The summed E-state index contributed by atoms with van der Waals surface area (Å²) in [6.45, 7) is 3.97. The molecule has 0 fully saturated rings. The monoisotopic (exact) mass is 457 g/mol. The van der Waals surface area contributed by atoms with Crippen LogP contribution in [0.25, 0.3) is 5.57 Å². The predicted octanol–water partition coefficient (Wildman–Crippen LogP) is 6.42. The van der Waals surface area contributed by atoms with Crippen molar-refractivity contribution >= 4 is 58.0 Å². The molecule has 1 aliphatic heterocycles. The molecular weight excluding hydrogens is 441 g/mol. The summed E-state index contributed by atoms with van der Waals surface area (Å²) >= 11 is 13.7. The maximum atomic E-state index is 13.5. The van der Waals surface area contributed by atoms with E-state index in [1.807, 2.05) is 38.1 Å². The molecule has 4 rings (SSSR count). The van der Waals surface area contributed by atoms with Gasteiger partial charge in [0, 0.05) is 0 Å². The van der Waals surface area contributed by atoms with Crippen molar-refractivity contribution in [3.63, 3.8) is 0 Å². The first-order chi connectivity index (χ1) is 14.4. The standard InChI is InChI=1S/C23H17Cl2NO3S/c1-13-8-9-15(11-14(13)2)19-21(30-12-16-5-4-10-29-16)23(28)26(22(19)27)18-7-3-6-17(24)20(18)25/h3-11H,12H2,1-2H3. The molecule has 0 bridgehead atoms. The number of aryl methyl sites for hydroxylation is 2. The molecular formula is C23H17Cl2NO3S. The molecule has 0 saturated carbocycles. The van der Waals surface area contributed by atoms with Crippen molar-refractivity contribution in [3.05, 3.63) is 92.2 Å². The summed E-state index contributed by atoms with van der Waals surface area (Å²) in [4.78, 5) is 28.3. The zero-order valence-corrected chi connectivity index (χ0v) is 18.6. The highest BCUT2D eigenvalue weighted by molar-refractivity contribution is 8.03. The summed E-state index contributed by atoms with van der Waals surface area (Å²) < 4.78 is 5.39. The fourth-order valence-corrected chi connectivity index (χ4v) is 4.61. The molecule has 152 valence electrons. The zero-order valence-electron chi connectivity index (χ0n) is 16.2. The number of carbonyl (C=O) groups is 2. The fourth-order valence-electron chi connectivity index (χ4n) is 3.22. The van der Waals surface area contributed by atoms with Crippen molar-refractivity contribution in [1.82, 2.24) is 0 Å². The van der Waals surface area contributed by atoms with E-state index in [1.54, 1.807) is 30.5 Å². The molecule has 0 atom stereocenters. The number of imide groups is 1. The van der Waals surface area contributed by atoms with Gasteiger partial charge in [0.25, 0.3) is 11.8 Å². The molecule has 30 heavy (non-hydrogen) atoms. The van der Waals surface area contributed by atoms with E-state index in [9.17, 15) is 9.59 Å². The summed E-state index contributed by atoms with van der Waals surface area (Å²) in [7, 11) is 0. The van der Waals surface area contributed by atoms with E-state index in [-0.39, 0.29) is 15.7 Å².